The molecule has 6 heteroatoms. The van der Waals surface area contributed by atoms with E-state index in [-0.39, 0.29) is 4.90 Å². The third kappa shape index (κ3) is 3.35. The van der Waals surface area contributed by atoms with E-state index in [1.54, 1.807) is 32.9 Å². The molecule has 0 bridgehead atoms. The molecule has 0 N–H and O–H groups in total. The molecule has 4 nitrogen and oxygen atoms in total. The van der Waals surface area contributed by atoms with Gasteiger partial charge in [-0.05, 0) is 44.0 Å². The monoisotopic (exact) mass is 273 g/mol. The van der Waals surface area contributed by atoms with Gasteiger partial charge in [0.1, 0.15) is 11.8 Å². The number of nitriles is 1. The molecule has 0 saturated heterocycles. The Morgan fingerprint density at radius 3 is 2.18 bits per heavy atom. The second kappa shape index (κ2) is 4.94. The lowest BCUT2D eigenvalue weighted by Crippen LogP contribution is -2.09. The number of rotatable bonds is 3. The highest BCUT2D eigenvalue weighted by molar-refractivity contribution is 8.13. The van der Waals surface area contributed by atoms with Gasteiger partial charge in [-0.2, -0.15) is 5.26 Å². The van der Waals surface area contributed by atoms with E-state index in [1.807, 2.05) is 6.07 Å². The summed E-state index contributed by atoms with van der Waals surface area (Å²) in [6.45, 7) is 4.87. The van der Waals surface area contributed by atoms with Gasteiger partial charge in [0, 0.05) is 10.7 Å². The van der Waals surface area contributed by atoms with E-state index in [4.69, 9.17) is 20.7 Å². The number of hydrogen-bond donors (Lipinski definition) is 0. The molecule has 0 heterocycles. The normalized spacial score (nSPS) is 12.9. The summed E-state index contributed by atoms with van der Waals surface area (Å²) in [6.07, 6.45) is -0.591. The molecule has 1 aromatic rings. The van der Waals surface area contributed by atoms with E-state index >= 15 is 0 Å². The van der Waals surface area contributed by atoms with Crippen LogP contribution in [0.1, 0.15) is 18.1 Å². The summed E-state index contributed by atoms with van der Waals surface area (Å²) in [6, 6.07) is 5.03. The molecule has 0 fully saturated rings. The smallest absolute Gasteiger partial charge is 0.261 e. The zero-order valence-corrected chi connectivity index (χ0v) is 11.3. The van der Waals surface area contributed by atoms with Crippen LogP contribution >= 0.6 is 10.7 Å². The fraction of sp³-hybridized carbons (Fsp3) is 0.364. The van der Waals surface area contributed by atoms with E-state index in [0.29, 0.717) is 16.9 Å². The highest BCUT2D eigenvalue weighted by Gasteiger charge is 2.18. The molecule has 0 aliphatic heterocycles. The van der Waals surface area contributed by atoms with Crippen molar-refractivity contribution in [1.82, 2.24) is 0 Å². The van der Waals surface area contributed by atoms with Crippen molar-refractivity contribution in [2.45, 2.75) is 31.8 Å². The number of benzene rings is 1. The zero-order chi connectivity index (χ0) is 13.2. The van der Waals surface area contributed by atoms with Crippen LogP contribution in [0.3, 0.4) is 0 Å². The van der Waals surface area contributed by atoms with E-state index in [0.717, 1.165) is 0 Å². The standard InChI is InChI=1S/C11H12ClNO3S/c1-7-4-10(16-9(3)6-13)5-8(2)11(7)17(12,14)15/h4-5,9H,1-3H3. The number of halogens is 1. The molecular formula is C11H12ClNO3S. The molecule has 92 valence electrons. The molecule has 1 unspecified atom stereocenters. The van der Waals surface area contributed by atoms with Crippen molar-refractivity contribution >= 4 is 19.7 Å². The van der Waals surface area contributed by atoms with E-state index in [9.17, 15) is 8.42 Å². The van der Waals surface area contributed by atoms with Gasteiger partial charge in [-0.3, -0.25) is 0 Å². The molecule has 0 aliphatic rings. The average molecular weight is 274 g/mol. The fourth-order valence-corrected chi connectivity index (χ4v) is 3.21. The molecule has 0 spiro atoms. The molecule has 1 rings (SSSR count). The lowest BCUT2D eigenvalue weighted by molar-refractivity contribution is 0.276. The largest absolute Gasteiger partial charge is 0.476 e. The fourth-order valence-electron chi connectivity index (χ4n) is 1.59. The van der Waals surface area contributed by atoms with Crippen molar-refractivity contribution in [3.63, 3.8) is 0 Å². The molecule has 0 saturated carbocycles. The minimum Gasteiger partial charge on any atom is -0.476 e. The van der Waals surface area contributed by atoms with Crippen molar-refractivity contribution in [2.75, 3.05) is 0 Å². The Morgan fingerprint density at radius 2 is 1.82 bits per heavy atom. The van der Waals surface area contributed by atoms with Crippen LogP contribution in [0.4, 0.5) is 0 Å². The predicted molar refractivity (Wildman–Crippen MR) is 64.7 cm³/mol. The van der Waals surface area contributed by atoms with E-state index in [1.165, 1.54) is 0 Å². The van der Waals surface area contributed by atoms with Crippen LogP contribution < -0.4 is 4.74 Å². The SMILES string of the molecule is Cc1cc(OC(C)C#N)cc(C)c1S(=O)(=O)Cl. The first-order valence-corrected chi connectivity index (χ1v) is 7.19. The maximum atomic E-state index is 11.3. The van der Waals surface area contributed by atoms with Crippen molar-refractivity contribution in [1.29, 1.82) is 5.26 Å². The molecule has 0 radical (unpaired) electrons. The first kappa shape index (κ1) is 13.8. The average Bonchev–Trinajstić information content (AvgIpc) is 2.13. The van der Waals surface area contributed by atoms with Gasteiger partial charge >= 0.3 is 0 Å². The van der Waals surface area contributed by atoms with Gasteiger partial charge < -0.3 is 4.74 Å². The van der Waals surface area contributed by atoms with Crippen LogP contribution in [0.5, 0.6) is 5.75 Å². The summed E-state index contributed by atoms with van der Waals surface area (Å²) in [5.74, 6) is 0.457. The van der Waals surface area contributed by atoms with Crippen LogP contribution in [-0.4, -0.2) is 14.5 Å². The zero-order valence-electron chi connectivity index (χ0n) is 9.69. The molecular weight excluding hydrogens is 262 g/mol. The van der Waals surface area contributed by atoms with Crippen LogP contribution in [0.2, 0.25) is 0 Å². The minimum absolute atomic E-state index is 0.0936. The van der Waals surface area contributed by atoms with Crippen molar-refractivity contribution in [3.05, 3.63) is 23.3 Å². The first-order chi connectivity index (χ1) is 7.75. The number of nitrogens with zero attached hydrogens (tertiary/aromatic N) is 1. The van der Waals surface area contributed by atoms with Gasteiger partial charge in [0.25, 0.3) is 9.05 Å². The Balaban J connectivity index is 3.25. The summed E-state index contributed by atoms with van der Waals surface area (Å²) >= 11 is 0. The molecule has 0 amide bonds. The van der Waals surface area contributed by atoms with Gasteiger partial charge in [-0.25, -0.2) is 8.42 Å². The van der Waals surface area contributed by atoms with Crippen LogP contribution in [0.15, 0.2) is 17.0 Å². The molecule has 0 aliphatic carbocycles. The quantitative estimate of drug-likeness (QED) is 0.794. The molecule has 0 aromatic heterocycles. The number of ether oxygens (including phenoxy) is 1. The van der Waals surface area contributed by atoms with E-state index in [2.05, 4.69) is 0 Å². The summed E-state index contributed by atoms with van der Waals surface area (Å²) in [7, 11) is 1.57. The second-order valence-corrected chi connectivity index (χ2v) is 6.22. The molecule has 17 heavy (non-hydrogen) atoms. The minimum atomic E-state index is -3.76. The van der Waals surface area contributed by atoms with Crippen molar-refractivity contribution < 1.29 is 13.2 Å². The Hall–Kier alpha value is -1.25. The second-order valence-electron chi connectivity index (χ2n) is 3.71. The Labute approximate surface area is 105 Å². The molecule has 1 aromatic carbocycles. The van der Waals surface area contributed by atoms with Gasteiger partial charge in [-0.15, -0.1) is 0 Å². The van der Waals surface area contributed by atoms with Gasteiger partial charge in [0.2, 0.25) is 0 Å². The van der Waals surface area contributed by atoms with Crippen LogP contribution in [-0.2, 0) is 9.05 Å². The highest BCUT2D eigenvalue weighted by Crippen LogP contribution is 2.28. The summed E-state index contributed by atoms with van der Waals surface area (Å²) in [4.78, 5) is 0.0936. The van der Waals surface area contributed by atoms with Crippen LogP contribution in [0.25, 0.3) is 0 Å². The van der Waals surface area contributed by atoms with Crippen molar-refractivity contribution in [3.8, 4) is 11.8 Å². The summed E-state index contributed by atoms with van der Waals surface area (Å²) in [5.41, 5.74) is 1.00. The van der Waals surface area contributed by atoms with E-state index < -0.39 is 15.2 Å². The maximum Gasteiger partial charge on any atom is 0.261 e. The Kier molecular flexibility index (Phi) is 4.02. The molecule has 1 atom stereocenters. The summed E-state index contributed by atoms with van der Waals surface area (Å²) < 4.78 is 28.0. The lowest BCUT2D eigenvalue weighted by atomic mass is 10.1. The Bertz CT molecular complexity index is 552. The number of aryl methyl sites for hydroxylation is 2. The number of hydrogen-bond acceptors (Lipinski definition) is 4. The topological polar surface area (TPSA) is 67.2 Å². The lowest BCUT2D eigenvalue weighted by Gasteiger charge is -2.12. The predicted octanol–water partition coefficient (Wildman–Crippen LogP) is 2.52. The van der Waals surface area contributed by atoms with Crippen molar-refractivity contribution in [2.24, 2.45) is 0 Å². The van der Waals surface area contributed by atoms with Gasteiger partial charge in [0.05, 0.1) is 4.90 Å². The first-order valence-electron chi connectivity index (χ1n) is 4.88. The maximum absolute atomic E-state index is 11.3. The third-order valence-corrected chi connectivity index (χ3v) is 3.77. The Morgan fingerprint density at radius 1 is 1.35 bits per heavy atom. The third-order valence-electron chi connectivity index (χ3n) is 2.17. The summed E-state index contributed by atoms with van der Waals surface area (Å²) in [5, 5.41) is 8.63. The van der Waals surface area contributed by atoms with Gasteiger partial charge in [0.15, 0.2) is 6.10 Å². The van der Waals surface area contributed by atoms with Gasteiger partial charge in [-0.1, -0.05) is 0 Å². The van der Waals surface area contributed by atoms with Crippen LogP contribution in [0, 0.1) is 25.2 Å². The highest BCUT2D eigenvalue weighted by atomic mass is 35.7.